The summed E-state index contributed by atoms with van der Waals surface area (Å²) >= 11 is 5.68. The Balaban J connectivity index is 2.02. The van der Waals surface area contributed by atoms with Gasteiger partial charge in [0.15, 0.2) is 0 Å². The average molecular weight is 499 g/mol. The number of halogens is 4. The van der Waals surface area contributed by atoms with Crippen LogP contribution in [0.3, 0.4) is 0 Å². The number of carbonyl (C=O) groups is 1. The van der Waals surface area contributed by atoms with E-state index in [9.17, 15) is 26.4 Å². The number of amides is 1. The number of ether oxygens (including phenoxy) is 1. The number of alkyl halides is 3. The van der Waals surface area contributed by atoms with Gasteiger partial charge in [-0.3, -0.25) is 9.10 Å². The van der Waals surface area contributed by atoms with Crippen LogP contribution in [0.25, 0.3) is 0 Å². The lowest BCUT2D eigenvalue weighted by Gasteiger charge is -2.25. The molecule has 33 heavy (non-hydrogen) atoms. The van der Waals surface area contributed by atoms with Crippen molar-refractivity contribution in [3.8, 4) is 5.75 Å². The highest BCUT2D eigenvalue weighted by molar-refractivity contribution is 7.92. The van der Waals surface area contributed by atoms with Crippen LogP contribution < -0.4 is 14.4 Å². The molecule has 6 nitrogen and oxygen atoms in total. The lowest BCUT2D eigenvalue weighted by Crippen LogP contribution is -2.38. The van der Waals surface area contributed by atoms with E-state index in [2.05, 4.69) is 5.32 Å². The molecule has 0 spiro atoms. The normalized spacial score (nSPS) is 11.7. The van der Waals surface area contributed by atoms with Crippen molar-refractivity contribution >= 4 is 38.9 Å². The molecule has 0 fully saturated rings. The van der Waals surface area contributed by atoms with Crippen LogP contribution in [-0.4, -0.2) is 28.0 Å². The van der Waals surface area contributed by atoms with Gasteiger partial charge in [-0.15, -0.1) is 0 Å². The highest BCUT2D eigenvalue weighted by Crippen LogP contribution is 2.38. The number of methoxy groups -OCH3 is 1. The van der Waals surface area contributed by atoms with Gasteiger partial charge in [0.05, 0.1) is 28.3 Å². The van der Waals surface area contributed by atoms with Crippen LogP contribution in [0, 0.1) is 0 Å². The zero-order chi connectivity index (χ0) is 24.2. The summed E-state index contributed by atoms with van der Waals surface area (Å²) in [5.41, 5.74) is -1.26. The Kier molecular flexibility index (Phi) is 7.19. The van der Waals surface area contributed by atoms with Gasteiger partial charge in [0.1, 0.15) is 12.3 Å². The van der Waals surface area contributed by atoms with Gasteiger partial charge in [-0.25, -0.2) is 8.42 Å². The summed E-state index contributed by atoms with van der Waals surface area (Å²) in [5.74, 6) is -0.319. The first-order valence-electron chi connectivity index (χ1n) is 9.41. The predicted molar refractivity (Wildman–Crippen MR) is 119 cm³/mol. The Morgan fingerprint density at radius 1 is 1.03 bits per heavy atom. The molecule has 0 bridgehead atoms. The van der Waals surface area contributed by atoms with Crippen LogP contribution in [-0.2, 0) is 21.0 Å². The number of sulfonamides is 1. The third kappa shape index (κ3) is 5.77. The molecular formula is C22H18ClF3N2O4S. The fraction of sp³-hybridized carbons (Fsp3) is 0.136. The summed E-state index contributed by atoms with van der Waals surface area (Å²) in [6.45, 7) is -0.784. The Labute approximate surface area is 193 Å². The quantitative estimate of drug-likeness (QED) is 0.486. The highest BCUT2D eigenvalue weighted by Gasteiger charge is 2.35. The summed E-state index contributed by atoms with van der Waals surface area (Å²) < 4.78 is 72.4. The van der Waals surface area contributed by atoms with Gasteiger partial charge in [-0.2, -0.15) is 13.2 Å². The van der Waals surface area contributed by atoms with Crippen molar-refractivity contribution < 1.29 is 31.1 Å². The molecule has 0 radical (unpaired) electrons. The summed E-state index contributed by atoms with van der Waals surface area (Å²) in [6, 6.07) is 16.0. The number of nitrogens with one attached hydrogen (secondary N) is 1. The highest BCUT2D eigenvalue weighted by atomic mass is 35.5. The Hall–Kier alpha value is -3.24. The zero-order valence-electron chi connectivity index (χ0n) is 17.1. The third-order valence-corrected chi connectivity index (χ3v) is 6.63. The molecule has 0 aliphatic carbocycles. The molecule has 0 aliphatic rings. The molecule has 0 unspecified atom stereocenters. The summed E-state index contributed by atoms with van der Waals surface area (Å²) in [6.07, 6.45) is -4.82. The van der Waals surface area contributed by atoms with E-state index in [1.807, 2.05) is 0 Å². The minimum Gasteiger partial charge on any atom is -0.497 e. The van der Waals surface area contributed by atoms with Crippen LogP contribution in [0.1, 0.15) is 5.56 Å². The van der Waals surface area contributed by atoms with E-state index in [-0.39, 0.29) is 10.6 Å². The largest absolute Gasteiger partial charge is 0.497 e. The minimum atomic E-state index is -4.82. The van der Waals surface area contributed by atoms with Crippen molar-refractivity contribution in [3.05, 3.63) is 83.4 Å². The molecule has 0 saturated heterocycles. The number of anilines is 2. The van der Waals surface area contributed by atoms with Gasteiger partial charge in [-0.05, 0) is 42.5 Å². The van der Waals surface area contributed by atoms with Crippen molar-refractivity contribution in [2.24, 2.45) is 0 Å². The number of rotatable bonds is 7. The molecule has 0 aliphatic heterocycles. The summed E-state index contributed by atoms with van der Waals surface area (Å²) in [7, 11) is -2.95. The molecule has 3 aromatic carbocycles. The van der Waals surface area contributed by atoms with Gasteiger partial charge in [0.25, 0.3) is 10.0 Å². The molecule has 0 atom stereocenters. The van der Waals surface area contributed by atoms with Crippen LogP contribution in [0.4, 0.5) is 24.5 Å². The molecular weight excluding hydrogens is 481 g/mol. The van der Waals surface area contributed by atoms with Crippen LogP contribution in [0.15, 0.2) is 77.7 Å². The van der Waals surface area contributed by atoms with E-state index in [0.29, 0.717) is 21.8 Å². The van der Waals surface area contributed by atoms with E-state index < -0.39 is 39.2 Å². The van der Waals surface area contributed by atoms with Gasteiger partial charge < -0.3 is 10.1 Å². The number of benzene rings is 3. The van der Waals surface area contributed by atoms with Crippen LogP contribution in [0.2, 0.25) is 5.02 Å². The van der Waals surface area contributed by atoms with Crippen LogP contribution in [0.5, 0.6) is 5.75 Å². The molecule has 1 amide bonds. The van der Waals surface area contributed by atoms with Gasteiger partial charge in [0, 0.05) is 11.8 Å². The Bertz CT molecular complexity index is 1250. The number of carbonyl (C=O) groups excluding carboxylic acids is 1. The van der Waals surface area contributed by atoms with Gasteiger partial charge in [-0.1, -0.05) is 35.9 Å². The van der Waals surface area contributed by atoms with E-state index in [1.165, 1.54) is 37.4 Å². The van der Waals surface area contributed by atoms with Crippen molar-refractivity contribution in [2.45, 2.75) is 11.1 Å². The smallest absolute Gasteiger partial charge is 0.417 e. The molecule has 0 saturated carbocycles. The van der Waals surface area contributed by atoms with Crippen molar-refractivity contribution in [2.75, 3.05) is 23.3 Å². The monoisotopic (exact) mass is 498 g/mol. The van der Waals surface area contributed by atoms with Gasteiger partial charge in [0.2, 0.25) is 5.91 Å². The second-order valence-corrected chi connectivity index (χ2v) is 9.04. The van der Waals surface area contributed by atoms with Crippen molar-refractivity contribution in [1.82, 2.24) is 0 Å². The van der Waals surface area contributed by atoms with Gasteiger partial charge >= 0.3 is 6.18 Å². The number of hydrogen-bond acceptors (Lipinski definition) is 4. The predicted octanol–water partition coefficient (Wildman–Crippen LogP) is 5.20. The topological polar surface area (TPSA) is 75.7 Å². The lowest BCUT2D eigenvalue weighted by atomic mass is 10.2. The fourth-order valence-electron chi connectivity index (χ4n) is 2.95. The maximum Gasteiger partial charge on any atom is 0.417 e. The first-order chi connectivity index (χ1) is 15.5. The maximum absolute atomic E-state index is 13.4. The minimum absolute atomic E-state index is 0.192. The third-order valence-electron chi connectivity index (χ3n) is 4.52. The zero-order valence-corrected chi connectivity index (χ0v) is 18.7. The van der Waals surface area contributed by atoms with Crippen molar-refractivity contribution in [1.29, 1.82) is 0 Å². The molecule has 3 aromatic rings. The second kappa shape index (κ2) is 9.72. The van der Waals surface area contributed by atoms with Crippen molar-refractivity contribution in [3.63, 3.8) is 0 Å². The SMILES string of the molecule is COc1cccc(NC(=O)CN(c2ccc(Cl)c(C(F)(F)F)c2)S(=O)(=O)c2ccccc2)c1. The number of hydrogen-bond donors (Lipinski definition) is 1. The Morgan fingerprint density at radius 2 is 1.73 bits per heavy atom. The standard InChI is InChI=1S/C22H18ClF3N2O4S/c1-32-17-7-5-6-15(12-17)27-21(29)14-28(33(30,31)18-8-3-2-4-9-18)16-10-11-20(23)19(13-16)22(24,25)26/h2-13H,14H2,1H3,(H,27,29). The molecule has 0 heterocycles. The molecule has 1 N–H and O–H groups in total. The van der Waals surface area contributed by atoms with E-state index in [1.54, 1.807) is 24.3 Å². The number of nitrogens with zero attached hydrogens (tertiary/aromatic N) is 1. The van der Waals surface area contributed by atoms with Crippen LogP contribution >= 0.6 is 11.6 Å². The fourth-order valence-corrected chi connectivity index (χ4v) is 4.61. The maximum atomic E-state index is 13.4. The second-order valence-electron chi connectivity index (χ2n) is 6.77. The molecule has 174 valence electrons. The molecule has 3 rings (SSSR count). The summed E-state index contributed by atoms with van der Waals surface area (Å²) in [4.78, 5) is 12.5. The first kappa shape index (κ1) is 24.4. The first-order valence-corrected chi connectivity index (χ1v) is 11.2. The van der Waals surface area contributed by atoms with E-state index in [0.717, 1.165) is 12.1 Å². The van der Waals surface area contributed by atoms with E-state index in [4.69, 9.17) is 16.3 Å². The Morgan fingerprint density at radius 3 is 2.36 bits per heavy atom. The lowest BCUT2D eigenvalue weighted by molar-refractivity contribution is -0.137. The van der Waals surface area contributed by atoms with E-state index >= 15 is 0 Å². The average Bonchev–Trinajstić information content (AvgIpc) is 2.78. The molecule has 11 heteroatoms. The molecule has 0 aromatic heterocycles. The summed E-state index contributed by atoms with van der Waals surface area (Å²) in [5, 5.41) is 1.93.